The highest BCUT2D eigenvalue weighted by atomic mass is 28.2. The zero-order chi connectivity index (χ0) is 8.97. The average molecular weight is 177 g/mol. The van der Waals surface area contributed by atoms with E-state index in [-0.39, 0.29) is 0 Å². The number of rotatable bonds is 3. The maximum atomic E-state index is 4.92. The molecule has 0 unspecified atom stereocenters. The Morgan fingerprint density at radius 1 is 1.33 bits per heavy atom. The molecule has 3 radical (unpaired) electrons. The van der Waals surface area contributed by atoms with Crippen LogP contribution >= 0.6 is 0 Å². The highest BCUT2D eigenvalue weighted by molar-refractivity contribution is 5.97. The van der Waals surface area contributed by atoms with Crippen LogP contribution in [0.1, 0.15) is 30.9 Å². The minimum absolute atomic E-state index is 0.558. The van der Waals surface area contributed by atoms with Crippen molar-refractivity contribution in [1.82, 2.24) is 0 Å². The molecule has 0 aliphatic heterocycles. The summed E-state index contributed by atoms with van der Waals surface area (Å²) in [7, 11) is 3.02. The Labute approximate surface area is 77.3 Å². The smallest absolute Gasteiger partial charge is 0.246 e. The molecule has 1 aromatic carbocycles. The van der Waals surface area contributed by atoms with Crippen molar-refractivity contribution in [3.8, 4) is 0 Å². The third-order valence-corrected chi connectivity index (χ3v) is 2.05. The average Bonchev–Trinajstić information content (AvgIpc) is 2.05. The van der Waals surface area contributed by atoms with Crippen molar-refractivity contribution < 1.29 is 4.43 Å². The van der Waals surface area contributed by atoms with E-state index in [2.05, 4.69) is 42.5 Å². The Morgan fingerprint density at radius 3 is 2.58 bits per heavy atom. The van der Waals surface area contributed by atoms with Crippen molar-refractivity contribution in [2.75, 3.05) is 0 Å². The van der Waals surface area contributed by atoms with Crippen molar-refractivity contribution in [2.24, 2.45) is 0 Å². The Morgan fingerprint density at radius 2 is 2.00 bits per heavy atom. The first kappa shape index (κ1) is 9.48. The van der Waals surface area contributed by atoms with Crippen molar-refractivity contribution in [3.63, 3.8) is 0 Å². The van der Waals surface area contributed by atoms with Crippen LogP contribution in [0.15, 0.2) is 24.3 Å². The Bertz CT molecular complexity index is 245. The molecule has 0 N–H and O–H groups in total. The summed E-state index contributed by atoms with van der Waals surface area (Å²) in [4.78, 5) is 0. The van der Waals surface area contributed by atoms with Crippen LogP contribution in [-0.2, 0) is 11.0 Å². The van der Waals surface area contributed by atoms with Gasteiger partial charge in [0.2, 0.25) is 10.5 Å². The Hall–Kier alpha value is -0.603. The lowest BCUT2D eigenvalue weighted by atomic mass is 9.98. The van der Waals surface area contributed by atoms with E-state index >= 15 is 0 Å². The molecule has 0 atom stereocenters. The van der Waals surface area contributed by atoms with E-state index in [9.17, 15) is 0 Å². The molecular weight excluding hydrogens is 164 g/mol. The monoisotopic (exact) mass is 177 g/mol. The number of hydrogen-bond acceptors (Lipinski definition) is 1. The fourth-order valence-electron chi connectivity index (χ4n) is 1.31. The van der Waals surface area contributed by atoms with Crippen molar-refractivity contribution in [2.45, 2.75) is 26.4 Å². The van der Waals surface area contributed by atoms with Crippen LogP contribution in [0.4, 0.5) is 0 Å². The quantitative estimate of drug-likeness (QED) is 0.644. The minimum Gasteiger partial charge on any atom is -0.414 e. The van der Waals surface area contributed by atoms with Crippen molar-refractivity contribution in [3.05, 3.63) is 35.4 Å². The first-order chi connectivity index (χ1) is 5.75. The van der Waals surface area contributed by atoms with Gasteiger partial charge in [-0.05, 0) is 17.0 Å². The van der Waals surface area contributed by atoms with Gasteiger partial charge in [0, 0.05) is 0 Å². The summed E-state index contributed by atoms with van der Waals surface area (Å²) < 4.78 is 4.92. The van der Waals surface area contributed by atoms with E-state index in [4.69, 9.17) is 4.43 Å². The molecule has 0 aliphatic carbocycles. The van der Waals surface area contributed by atoms with Gasteiger partial charge >= 0.3 is 0 Å². The molecule has 0 aliphatic rings. The van der Waals surface area contributed by atoms with Gasteiger partial charge in [-0.25, -0.2) is 0 Å². The highest BCUT2D eigenvalue weighted by Gasteiger charge is 2.03. The SMILES string of the molecule is CC(C)c1ccccc1CO[Si]. The number of hydrogen-bond donors (Lipinski definition) is 0. The molecule has 1 rings (SSSR count). The van der Waals surface area contributed by atoms with Crippen LogP contribution in [0.3, 0.4) is 0 Å². The lowest BCUT2D eigenvalue weighted by Crippen LogP contribution is -1.97. The molecule has 0 saturated carbocycles. The molecule has 0 amide bonds. The normalized spacial score (nSPS) is 10.7. The fourth-order valence-corrected chi connectivity index (χ4v) is 1.46. The topological polar surface area (TPSA) is 9.23 Å². The van der Waals surface area contributed by atoms with Gasteiger partial charge in [-0.3, -0.25) is 0 Å². The molecular formula is C10H13OSi. The van der Waals surface area contributed by atoms with E-state index < -0.39 is 0 Å². The molecule has 0 aromatic heterocycles. The first-order valence-electron chi connectivity index (χ1n) is 4.12. The Kier molecular flexibility index (Phi) is 3.50. The van der Waals surface area contributed by atoms with Crippen LogP contribution in [0, 0.1) is 0 Å². The van der Waals surface area contributed by atoms with Crippen LogP contribution in [-0.4, -0.2) is 10.5 Å². The fraction of sp³-hybridized carbons (Fsp3) is 0.400. The zero-order valence-corrected chi connectivity index (χ0v) is 8.50. The predicted octanol–water partition coefficient (Wildman–Crippen LogP) is 2.41. The molecule has 0 saturated heterocycles. The van der Waals surface area contributed by atoms with Crippen LogP contribution < -0.4 is 0 Å². The minimum atomic E-state index is 0.558. The van der Waals surface area contributed by atoms with Gasteiger partial charge in [0.05, 0.1) is 6.61 Å². The van der Waals surface area contributed by atoms with Gasteiger partial charge in [-0.2, -0.15) is 0 Å². The summed E-state index contributed by atoms with van der Waals surface area (Å²) in [5.41, 5.74) is 2.61. The molecule has 2 heteroatoms. The Balaban J connectivity index is 2.92. The van der Waals surface area contributed by atoms with E-state index in [1.54, 1.807) is 0 Å². The summed E-state index contributed by atoms with van der Waals surface area (Å²) >= 11 is 0. The van der Waals surface area contributed by atoms with E-state index in [1.165, 1.54) is 11.1 Å². The summed E-state index contributed by atoms with van der Waals surface area (Å²) in [6.45, 7) is 5.00. The molecule has 12 heavy (non-hydrogen) atoms. The van der Waals surface area contributed by atoms with Gasteiger partial charge < -0.3 is 4.43 Å². The summed E-state index contributed by atoms with van der Waals surface area (Å²) in [5.74, 6) is 0.558. The third-order valence-electron chi connectivity index (χ3n) is 1.90. The lowest BCUT2D eigenvalue weighted by Gasteiger charge is -2.11. The highest BCUT2D eigenvalue weighted by Crippen LogP contribution is 2.19. The van der Waals surface area contributed by atoms with Gasteiger partial charge in [0.15, 0.2) is 0 Å². The van der Waals surface area contributed by atoms with Crippen molar-refractivity contribution >= 4 is 10.5 Å². The second-order valence-corrected chi connectivity index (χ2v) is 3.43. The van der Waals surface area contributed by atoms with E-state index in [0.717, 1.165) is 0 Å². The molecule has 0 bridgehead atoms. The number of benzene rings is 1. The van der Waals surface area contributed by atoms with Gasteiger partial charge in [0.1, 0.15) is 0 Å². The zero-order valence-electron chi connectivity index (χ0n) is 7.50. The molecule has 0 spiro atoms. The summed E-state index contributed by atoms with van der Waals surface area (Å²) in [6, 6.07) is 8.33. The second-order valence-electron chi connectivity index (χ2n) is 3.14. The maximum Gasteiger partial charge on any atom is 0.246 e. The molecule has 0 heterocycles. The summed E-state index contributed by atoms with van der Waals surface area (Å²) in [6.07, 6.45) is 0. The van der Waals surface area contributed by atoms with E-state index in [0.29, 0.717) is 12.5 Å². The molecule has 1 nitrogen and oxygen atoms in total. The van der Waals surface area contributed by atoms with Gasteiger partial charge in [-0.15, -0.1) is 0 Å². The second kappa shape index (κ2) is 4.43. The molecule has 63 valence electrons. The lowest BCUT2D eigenvalue weighted by molar-refractivity contribution is 0.336. The maximum absolute atomic E-state index is 4.92. The van der Waals surface area contributed by atoms with Crippen LogP contribution in [0.25, 0.3) is 0 Å². The first-order valence-corrected chi connectivity index (χ1v) is 4.53. The van der Waals surface area contributed by atoms with Gasteiger partial charge in [-0.1, -0.05) is 38.1 Å². The predicted molar refractivity (Wildman–Crippen MR) is 51.1 cm³/mol. The van der Waals surface area contributed by atoms with E-state index in [1.807, 2.05) is 6.07 Å². The third kappa shape index (κ3) is 2.19. The van der Waals surface area contributed by atoms with Gasteiger partial charge in [0.25, 0.3) is 0 Å². The van der Waals surface area contributed by atoms with Crippen LogP contribution in [0.5, 0.6) is 0 Å². The van der Waals surface area contributed by atoms with Crippen molar-refractivity contribution in [1.29, 1.82) is 0 Å². The standard InChI is InChI=1S/C10H13OSi/c1-8(2)10-6-4-3-5-9(10)7-11-12/h3-6,8H,7H2,1-2H3. The molecule has 0 fully saturated rings. The largest absolute Gasteiger partial charge is 0.414 e. The van der Waals surface area contributed by atoms with Crippen LogP contribution in [0.2, 0.25) is 0 Å². The molecule has 1 aromatic rings. The summed E-state index contributed by atoms with van der Waals surface area (Å²) in [5, 5.41) is 0.